The quantitative estimate of drug-likeness (QED) is 0.872. The summed E-state index contributed by atoms with van der Waals surface area (Å²) < 4.78 is 14.2. The molecule has 3 heteroatoms. The fourth-order valence-corrected chi connectivity index (χ4v) is 2.99. The van der Waals surface area contributed by atoms with Gasteiger partial charge in [0.15, 0.2) is 0 Å². The minimum atomic E-state index is -0.150. The van der Waals surface area contributed by atoms with Crippen LogP contribution in [-0.2, 0) is 0 Å². The van der Waals surface area contributed by atoms with E-state index in [1.54, 1.807) is 6.07 Å². The molecule has 1 heterocycles. The van der Waals surface area contributed by atoms with Crippen LogP contribution in [0.2, 0.25) is 0 Å². The zero-order valence-electron chi connectivity index (χ0n) is 10.3. The number of hydrogen-bond acceptors (Lipinski definition) is 1. The van der Waals surface area contributed by atoms with Crippen LogP contribution < -0.4 is 5.32 Å². The molecule has 1 N–H and O–H groups in total. The van der Waals surface area contributed by atoms with Crippen molar-refractivity contribution in [2.75, 3.05) is 13.1 Å². The number of rotatable bonds is 2. The Balaban J connectivity index is 2.26. The van der Waals surface area contributed by atoms with Crippen molar-refractivity contribution in [1.29, 1.82) is 0 Å². The van der Waals surface area contributed by atoms with Gasteiger partial charge in [-0.2, -0.15) is 0 Å². The Bertz CT molecular complexity index is 392. The smallest absolute Gasteiger partial charge is 0.137 e. The normalized spacial score (nSPS) is 25.2. The summed E-state index contributed by atoms with van der Waals surface area (Å²) in [5, 5.41) is 3.44. The Hall–Kier alpha value is -0.410. The Labute approximate surface area is 111 Å². The highest BCUT2D eigenvalue weighted by atomic mass is 79.9. The van der Waals surface area contributed by atoms with Crippen LogP contribution in [0.4, 0.5) is 4.39 Å². The lowest BCUT2D eigenvalue weighted by Gasteiger charge is -2.35. The molecule has 1 aliphatic rings. The zero-order valence-corrected chi connectivity index (χ0v) is 11.9. The first kappa shape index (κ1) is 13.0. The van der Waals surface area contributed by atoms with E-state index in [0.717, 1.165) is 25.1 Å². The van der Waals surface area contributed by atoms with Gasteiger partial charge in [0.05, 0.1) is 4.47 Å². The van der Waals surface area contributed by atoms with Crippen LogP contribution in [0, 0.1) is 17.7 Å². The molecule has 17 heavy (non-hydrogen) atoms. The molecule has 2 atom stereocenters. The molecular weight excluding hydrogens is 281 g/mol. The lowest BCUT2D eigenvalue weighted by molar-refractivity contribution is 0.255. The number of piperidine rings is 1. The third-order valence-electron chi connectivity index (χ3n) is 3.76. The monoisotopic (exact) mass is 299 g/mol. The third-order valence-corrected chi connectivity index (χ3v) is 4.40. The summed E-state index contributed by atoms with van der Waals surface area (Å²) in [7, 11) is 0. The number of halogens is 2. The highest BCUT2D eigenvalue weighted by molar-refractivity contribution is 9.10. The van der Waals surface area contributed by atoms with Crippen LogP contribution >= 0.6 is 15.9 Å². The van der Waals surface area contributed by atoms with E-state index < -0.39 is 0 Å². The lowest BCUT2D eigenvalue weighted by atomic mass is 9.75. The molecule has 0 aliphatic carbocycles. The standard InChI is InChI=1S/C14H19BrFN/c1-9(2)12-8-17-6-5-11(12)10-3-4-13(15)14(16)7-10/h3-4,7,9,11-12,17H,5-6,8H2,1-2H3. The molecule has 0 aromatic heterocycles. The molecule has 94 valence electrons. The van der Waals surface area contributed by atoms with Gasteiger partial charge >= 0.3 is 0 Å². The van der Waals surface area contributed by atoms with E-state index in [4.69, 9.17) is 0 Å². The van der Waals surface area contributed by atoms with Crippen molar-refractivity contribution in [2.24, 2.45) is 11.8 Å². The Morgan fingerprint density at radius 1 is 1.41 bits per heavy atom. The lowest BCUT2D eigenvalue weighted by Crippen LogP contribution is -2.38. The molecule has 0 spiro atoms. The second kappa shape index (κ2) is 5.49. The molecule has 1 nitrogen and oxygen atoms in total. The number of benzene rings is 1. The van der Waals surface area contributed by atoms with Crippen LogP contribution in [-0.4, -0.2) is 13.1 Å². The second-order valence-corrected chi connectivity index (χ2v) is 6.04. The molecule has 1 aliphatic heterocycles. The summed E-state index contributed by atoms with van der Waals surface area (Å²) in [5.41, 5.74) is 1.14. The summed E-state index contributed by atoms with van der Waals surface area (Å²) in [6.07, 6.45) is 1.10. The van der Waals surface area contributed by atoms with E-state index in [9.17, 15) is 4.39 Å². The Morgan fingerprint density at radius 3 is 2.82 bits per heavy atom. The van der Waals surface area contributed by atoms with E-state index in [2.05, 4.69) is 41.2 Å². The van der Waals surface area contributed by atoms with Crippen molar-refractivity contribution in [3.63, 3.8) is 0 Å². The van der Waals surface area contributed by atoms with Crippen molar-refractivity contribution in [2.45, 2.75) is 26.2 Å². The average Bonchev–Trinajstić information content (AvgIpc) is 2.32. The largest absolute Gasteiger partial charge is 0.316 e. The molecule has 1 fully saturated rings. The van der Waals surface area contributed by atoms with E-state index >= 15 is 0 Å². The summed E-state index contributed by atoms with van der Waals surface area (Å²) >= 11 is 3.21. The Morgan fingerprint density at radius 2 is 2.18 bits per heavy atom. The topological polar surface area (TPSA) is 12.0 Å². The molecule has 1 saturated heterocycles. The molecule has 1 aromatic rings. The van der Waals surface area contributed by atoms with Crippen molar-refractivity contribution in [3.8, 4) is 0 Å². The molecule has 0 radical (unpaired) electrons. The molecule has 0 bridgehead atoms. The van der Waals surface area contributed by atoms with Crippen LogP contribution in [0.15, 0.2) is 22.7 Å². The van der Waals surface area contributed by atoms with Crippen LogP contribution in [0.3, 0.4) is 0 Å². The summed E-state index contributed by atoms with van der Waals surface area (Å²) in [6, 6.07) is 5.57. The summed E-state index contributed by atoms with van der Waals surface area (Å²) in [6.45, 7) is 6.57. The summed E-state index contributed by atoms with van der Waals surface area (Å²) in [4.78, 5) is 0. The van der Waals surface area contributed by atoms with Crippen molar-refractivity contribution < 1.29 is 4.39 Å². The first-order valence-electron chi connectivity index (χ1n) is 6.25. The van der Waals surface area contributed by atoms with Gasteiger partial charge in [-0.1, -0.05) is 19.9 Å². The molecule has 0 saturated carbocycles. The summed E-state index contributed by atoms with van der Waals surface area (Å²) in [5.74, 6) is 1.56. The van der Waals surface area contributed by atoms with E-state index in [1.165, 1.54) is 0 Å². The van der Waals surface area contributed by atoms with Gasteiger partial charge in [0.25, 0.3) is 0 Å². The van der Waals surface area contributed by atoms with Gasteiger partial charge in [0, 0.05) is 0 Å². The van der Waals surface area contributed by atoms with Gasteiger partial charge in [0.2, 0.25) is 0 Å². The first-order chi connectivity index (χ1) is 8.09. The van der Waals surface area contributed by atoms with Gasteiger partial charge < -0.3 is 5.32 Å². The van der Waals surface area contributed by atoms with Gasteiger partial charge in [-0.15, -0.1) is 0 Å². The van der Waals surface area contributed by atoms with E-state index in [1.807, 2.05) is 6.07 Å². The van der Waals surface area contributed by atoms with Crippen LogP contribution in [0.5, 0.6) is 0 Å². The molecule has 0 amide bonds. The average molecular weight is 300 g/mol. The molecule has 2 rings (SSSR count). The minimum absolute atomic E-state index is 0.150. The fraction of sp³-hybridized carbons (Fsp3) is 0.571. The van der Waals surface area contributed by atoms with Crippen molar-refractivity contribution >= 4 is 15.9 Å². The van der Waals surface area contributed by atoms with Gasteiger partial charge in [-0.3, -0.25) is 0 Å². The van der Waals surface area contributed by atoms with Gasteiger partial charge in [0.1, 0.15) is 5.82 Å². The van der Waals surface area contributed by atoms with Crippen LogP contribution in [0.1, 0.15) is 31.7 Å². The molecular formula is C14H19BrFN. The highest BCUT2D eigenvalue weighted by Crippen LogP contribution is 2.35. The number of nitrogens with one attached hydrogen (secondary N) is 1. The maximum Gasteiger partial charge on any atom is 0.137 e. The Kier molecular flexibility index (Phi) is 4.21. The van der Waals surface area contributed by atoms with Gasteiger partial charge in [-0.25, -0.2) is 4.39 Å². The SMILES string of the molecule is CC(C)C1CNCCC1c1ccc(Br)c(F)c1. The van der Waals surface area contributed by atoms with E-state index in [-0.39, 0.29) is 5.82 Å². The molecule has 1 aromatic carbocycles. The predicted molar refractivity (Wildman–Crippen MR) is 72.7 cm³/mol. The minimum Gasteiger partial charge on any atom is -0.316 e. The van der Waals surface area contributed by atoms with Gasteiger partial charge in [-0.05, 0) is 70.9 Å². The fourth-order valence-electron chi connectivity index (χ4n) is 2.74. The van der Waals surface area contributed by atoms with Crippen molar-refractivity contribution in [3.05, 3.63) is 34.1 Å². The van der Waals surface area contributed by atoms with Crippen molar-refractivity contribution in [1.82, 2.24) is 5.32 Å². The maximum atomic E-state index is 13.6. The van der Waals surface area contributed by atoms with Crippen LogP contribution in [0.25, 0.3) is 0 Å². The third kappa shape index (κ3) is 2.89. The maximum absolute atomic E-state index is 13.6. The van der Waals surface area contributed by atoms with E-state index in [0.29, 0.717) is 22.2 Å². The molecule has 2 unspecified atom stereocenters. The highest BCUT2D eigenvalue weighted by Gasteiger charge is 2.28. The zero-order chi connectivity index (χ0) is 12.4. The second-order valence-electron chi connectivity index (χ2n) is 5.18. The number of hydrogen-bond donors (Lipinski definition) is 1. The predicted octanol–water partition coefficient (Wildman–Crippen LogP) is 3.94. The first-order valence-corrected chi connectivity index (χ1v) is 7.04.